The third kappa shape index (κ3) is 2.87. The maximum atomic E-state index is 12.3. The Balaban J connectivity index is 1.63. The Morgan fingerprint density at radius 2 is 2.33 bits per heavy atom. The molecule has 5 nitrogen and oxygen atoms in total. The van der Waals surface area contributed by atoms with E-state index in [1.54, 1.807) is 0 Å². The number of aromatic nitrogens is 2. The molecule has 0 aromatic carbocycles. The summed E-state index contributed by atoms with van der Waals surface area (Å²) in [6, 6.07) is 4.55. The van der Waals surface area contributed by atoms with E-state index in [1.165, 1.54) is 17.0 Å². The molecule has 0 aliphatic carbocycles. The summed E-state index contributed by atoms with van der Waals surface area (Å²) in [5.74, 6) is -0.00944. The topological polar surface area (TPSA) is 50.2 Å². The average Bonchev–Trinajstić information content (AvgIpc) is 3.01. The number of hydrogen-bond donors (Lipinski definition) is 1. The number of amides is 1. The van der Waals surface area contributed by atoms with Gasteiger partial charge in [0.1, 0.15) is 4.88 Å². The first-order chi connectivity index (χ1) is 10.0. The third-order valence-electron chi connectivity index (χ3n) is 3.97. The van der Waals surface area contributed by atoms with Crippen LogP contribution in [0.25, 0.3) is 0 Å². The van der Waals surface area contributed by atoms with Crippen LogP contribution in [-0.2, 0) is 13.1 Å². The summed E-state index contributed by atoms with van der Waals surface area (Å²) in [7, 11) is 2.11. The van der Waals surface area contributed by atoms with Crippen LogP contribution in [0.4, 0.5) is 0 Å². The van der Waals surface area contributed by atoms with E-state index in [0.717, 1.165) is 28.7 Å². The molecule has 21 heavy (non-hydrogen) atoms. The molecule has 1 aliphatic rings. The zero-order valence-corrected chi connectivity index (χ0v) is 13.4. The summed E-state index contributed by atoms with van der Waals surface area (Å²) >= 11 is 1.46. The van der Waals surface area contributed by atoms with E-state index in [9.17, 15) is 4.79 Å². The fourth-order valence-electron chi connectivity index (χ4n) is 2.78. The number of carbonyl (C=O) groups excluding carboxylic acids is 1. The van der Waals surface area contributed by atoms with Crippen molar-refractivity contribution in [3.8, 4) is 0 Å². The van der Waals surface area contributed by atoms with Crippen LogP contribution < -0.4 is 5.32 Å². The second-order valence-electron chi connectivity index (χ2n) is 5.58. The van der Waals surface area contributed by atoms with Gasteiger partial charge in [-0.2, -0.15) is 0 Å². The van der Waals surface area contributed by atoms with Crippen LogP contribution >= 0.6 is 11.3 Å². The van der Waals surface area contributed by atoms with Gasteiger partial charge in [0.2, 0.25) is 0 Å². The van der Waals surface area contributed by atoms with E-state index >= 15 is 0 Å². The Morgan fingerprint density at radius 3 is 3.05 bits per heavy atom. The second kappa shape index (κ2) is 5.61. The molecule has 3 heterocycles. The van der Waals surface area contributed by atoms with Crippen molar-refractivity contribution in [3.63, 3.8) is 0 Å². The molecule has 0 bridgehead atoms. The summed E-state index contributed by atoms with van der Waals surface area (Å²) in [4.78, 5) is 19.6. The van der Waals surface area contributed by atoms with Gasteiger partial charge in [0, 0.05) is 37.6 Å². The first-order valence-corrected chi connectivity index (χ1v) is 7.92. The van der Waals surface area contributed by atoms with Crippen molar-refractivity contribution < 1.29 is 4.79 Å². The van der Waals surface area contributed by atoms with Crippen LogP contribution in [0.5, 0.6) is 0 Å². The minimum absolute atomic E-state index is 0.00944. The Hall–Kier alpha value is -1.66. The third-order valence-corrected chi connectivity index (χ3v) is 5.05. The van der Waals surface area contributed by atoms with Crippen LogP contribution in [0, 0.1) is 13.8 Å². The molecule has 1 aliphatic heterocycles. The van der Waals surface area contributed by atoms with Gasteiger partial charge in [-0.25, -0.2) is 4.98 Å². The molecule has 0 radical (unpaired) electrons. The van der Waals surface area contributed by atoms with Crippen molar-refractivity contribution in [2.24, 2.45) is 0 Å². The van der Waals surface area contributed by atoms with Crippen molar-refractivity contribution in [1.82, 2.24) is 19.8 Å². The quantitative estimate of drug-likeness (QED) is 0.941. The molecule has 2 aromatic heterocycles. The predicted octanol–water partition coefficient (Wildman–Crippen LogP) is 1.81. The lowest BCUT2D eigenvalue weighted by Gasteiger charge is -2.34. The number of hydrogen-bond acceptors (Lipinski definition) is 4. The summed E-state index contributed by atoms with van der Waals surface area (Å²) in [5, 5.41) is 3.99. The number of nitrogens with one attached hydrogen (secondary N) is 1. The van der Waals surface area contributed by atoms with Gasteiger partial charge < -0.3 is 9.88 Å². The maximum Gasteiger partial charge on any atom is 0.263 e. The van der Waals surface area contributed by atoms with Crippen molar-refractivity contribution >= 4 is 17.2 Å². The first kappa shape index (κ1) is 14.3. The molecule has 1 unspecified atom stereocenters. The van der Waals surface area contributed by atoms with Crippen LogP contribution in [0.15, 0.2) is 18.3 Å². The van der Waals surface area contributed by atoms with Crippen LogP contribution in [-0.4, -0.2) is 40.0 Å². The van der Waals surface area contributed by atoms with Crippen molar-refractivity contribution in [2.75, 3.05) is 13.6 Å². The number of fused-ring (bicyclic) bond motifs is 1. The molecule has 0 saturated carbocycles. The number of thiazole rings is 1. The van der Waals surface area contributed by atoms with Crippen molar-refractivity contribution in [3.05, 3.63) is 39.6 Å². The minimum Gasteiger partial charge on any atom is -0.350 e. The maximum absolute atomic E-state index is 12.3. The fraction of sp³-hybridized carbons (Fsp3) is 0.467. The normalized spacial score (nSPS) is 18.5. The molecule has 6 heteroatoms. The molecule has 1 amide bonds. The smallest absolute Gasteiger partial charge is 0.263 e. The summed E-state index contributed by atoms with van der Waals surface area (Å²) in [6.07, 6.45) is 2.11. The van der Waals surface area contributed by atoms with Crippen molar-refractivity contribution in [1.29, 1.82) is 0 Å². The summed E-state index contributed by atoms with van der Waals surface area (Å²) in [5.41, 5.74) is 2.15. The van der Waals surface area contributed by atoms with E-state index in [1.807, 2.05) is 13.8 Å². The highest BCUT2D eigenvalue weighted by Crippen LogP contribution is 2.18. The van der Waals surface area contributed by atoms with Gasteiger partial charge in [-0.15, -0.1) is 11.3 Å². The SMILES string of the molecule is Cc1nc(C)c(C(=O)NCC2Cn3cccc3CN2C)s1. The Kier molecular flexibility index (Phi) is 3.82. The van der Waals surface area contributed by atoms with E-state index in [0.29, 0.717) is 12.6 Å². The van der Waals surface area contributed by atoms with E-state index < -0.39 is 0 Å². The molecular formula is C15H20N4OS. The molecule has 3 rings (SSSR count). The highest BCUT2D eigenvalue weighted by atomic mass is 32.1. The zero-order valence-electron chi connectivity index (χ0n) is 12.6. The Labute approximate surface area is 128 Å². The molecule has 1 N–H and O–H groups in total. The number of carbonyl (C=O) groups is 1. The largest absolute Gasteiger partial charge is 0.350 e. The predicted molar refractivity (Wildman–Crippen MR) is 83.6 cm³/mol. The van der Waals surface area contributed by atoms with Gasteiger partial charge in [0.05, 0.1) is 10.7 Å². The second-order valence-corrected chi connectivity index (χ2v) is 6.78. The average molecular weight is 304 g/mol. The number of aryl methyl sites for hydroxylation is 2. The Bertz CT molecular complexity index is 660. The molecule has 0 fully saturated rings. The molecule has 0 saturated heterocycles. The lowest BCUT2D eigenvalue weighted by atomic mass is 10.2. The molecule has 0 spiro atoms. The van der Waals surface area contributed by atoms with Gasteiger partial charge in [-0.05, 0) is 33.0 Å². The highest BCUT2D eigenvalue weighted by Gasteiger charge is 2.23. The van der Waals surface area contributed by atoms with Gasteiger partial charge in [-0.3, -0.25) is 9.69 Å². The van der Waals surface area contributed by atoms with Crippen molar-refractivity contribution in [2.45, 2.75) is 33.0 Å². The molecule has 2 aromatic rings. The van der Waals surface area contributed by atoms with Crippen LogP contribution in [0.1, 0.15) is 26.1 Å². The fourth-order valence-corrected chi connectivity index (χ4v) is 3.61. The standard InChI is InChI=1S/C15H20N4OS/c1-10-14(21-11(2)17-10)15(20)16-7-13-9-19-6-4-5-12(19)8-18(13)3/h4-6,13H,7-9H2,1-3H3,(H,16,20). The van der Waals surface area contributed by atoms with Crippen LogP contribution in [0.2, 0.25) is 0 Å². The highest BCUT2D eigenvalue weighted by molar-refractivity contribution is 7.13. The molecule has 112 valence electrons. The van der Waals surface area contributed by atoms with E-state index in [4.69, 9.17) is 0 Å². The summed E-state index contributed by atoms with van der Waals surface area (Å²) in [6.45, 7) is 6.31. The summed E-state index contributed by atoms with van der Waals surface area (Å²) < 4.78 is 2.26. The molecular weight excluding hydrogens is 284 g/mol. The van der Waals surface area contributed by atoms with Gasteiger partial charge in [-0.1, -0.05) is 0 Å². The molecule has 1 atom stereocenters. The van der Waals surface area contributed by atoms with Gasteiger partial charge in [0.25, 0.3) is 5.91 Å². The number of rotatable bonds is 3. The Morgan fingerprint density at radius 1 is 1.52 bits per heavy atom. The van der Waals surface area contributed by atoms with Gasteiger partial charge in [0.15, 0.2) is 0 Å². The van der Waals surface area contributed by atoms with Gasteiger partial charge >= 0.3 is 0 Å². The monoisotopic (exact) mass is 304 g/mol. The first-order valence-electron chi connectivity index (χ1n) is 7.11. The van der Waals surface area contributed by atoms with Crippen LogP contribution in [0.3, 0.4) is 0 Å². The van der Waals surface area contributed by atoms with E-state index in [2.05, 4.69) is 45.1 Å². The zero-order chi connectivity index (χ0) is 15.0. The van der Waals surface area contributed by atoms with E-state index in [-0.39, 0.29) is 5.91 Å². The lowest BCUT2D eigenvalue weighted by molar-refractivity contribution is 0.0929. The number of nitrogens with zero attached hydrogens (tertiary/aromatic N) is 3. The number of likely N-dealkylation sites (N-methyl/N-ethyl adjacent to an activating group) is 1. The minimum atomic E-state index is -0.00944. The lowest BCUT2D eigenvalue weighted by Crippen LogP contribution is -2.47.